The molecule has 1 heterocycles. The van der Waals surface area contributed by atoms with Crippen LogP contribution in [0.2, 0.25) is 5.02 Å². The number of rotatable bonds is 5. The molecule has 0 fully saturated rings. The van der Waals surface area contributed by atoms with Crippen molar-refractivity contribution in [2.24, 2.45) is 0 Å². The molecule has 0 saturated heterocycles. The van der Waals surface area contributed by atoms with Crippen molar-refractivity contribution in [2.45, 2.75) is 13.5 Å². The van der Waals surface area contributed by atoms with E-state index in [1.165, 1.54) is 6.92 Å². The molecule has 4 heteroatoms. The number of carbonyl (C=O) groups is 1. The van der Waals surface area contributed by atoms with Gasteiger partial charge in [-0.25, -0.2) is 4.98 Å². The van der Waals surface area contributed by atoms with Crippen LogP contribution in [0.3, 0.4) is 0 Å². The first-order chi connectivity index (χ1) is 11.6. The van der Waals surface area contributed by atoms with Gasteiger partial charge in [0, 0.05) is 34.0 Å². The molecular weight excluding hydrogens is 322 g/mol. The third kappa shape index (κ3) is 3.81. The summed E-state index contributed by atoms with van der Waals surface area (Å²) < 4.78 is 5.68. The van der Waals surface area contributed by atoms with Crippen LogP contribution in [0, 0.1) is 0 Å². The first-order valence-electron chi connectivity index (χ1n) is 7.57. The number of hydrogen-bond acceptors (Lipinski definition) is 3. The Labute approximate surface area is 145 Å². The van der Waals surface area contributed by atoms with E-state index >= 15 is 0 Å². The molecule has 0 spiro atoms. The van der Waals surface area contributed by atoms with Crippen LogP contribution < -0.4 is 4.74 Å². The molecule has 0 radical (unpaired) electrons. The van der Waals surface area contributed by atoms with Crippen molar-refractivity contribution >= 4 is 17.4 Å². The van der Waals surface area contributed by atoms with Crippen LogP contribution in [0.15, 0.2) is 66.9 Å². The number of nitrogens with zero attached hydrogens (tertiary/aromatic N) is 1. The van der Waals surface area contributed by atoms with Crippen molar-refractivity contribution < 1.29 is 9.53 Å². The molecule has 0 bridgehead atoms. The fourth-order valence-electron chi connectivity index (χ4n) is 2.32. The van der Waals surface area contributed by atoms with Crippen LogP contribution in [0.5, 0.6) is 5.88 Å². The molecular formula is C20H16ClNO2. The summed E-state index contributed by atoms with van der Waals surface area (Å²) in [5, 5.41) is 0.583. The normalized spacial score (nSPS) is 10.4. The number of hydrogen-bond donors (Lipinski definition) is 0. The van der Waals surface area contributed by atoms with E-state index in [1.807, 2.05) is 36.4 Å². The Morgan fingerprint density at radius 2 is 1.88 bits per heavy atom. The van der Waals surface area contributed by atoms with Gasteiger partial charge in [-0.15, -0.1) is 0 Å². The monoisotopic (exact) mass is 337 g/mol. The third-order valence-electron chi connectivity index (χ3n) is 3.65. The zero-order valence-corrected chi connectivity index (χ0v) is 14.0. The fraction of sp³-hybridized carbons (Fsp3) is 0.100. The summed E-state index contributed by atoms with van der Waals surface area (Å²) in [5.41, 5.74) is 3.33. The number of ether oxygens (including phenoxy) is 1. The van der Waals surface area contributed by atoms with E-state index in [1.54, 1.807) is 30.5 Å². The minimum absolute atomic E-state index is 0.00342. The molecule has 0 saturated carbocycles. The molecule has 3 nitrogen and oxygen atoms in total. The van der Waals surface area contributed by atoms with Crippen LogP contribution >= 0.6 is 11.6 Å². The highest BCUT2D eigenvalue weighted by Gasteiger charge is 2.08. The molecule has 1 aromatic heterocycles. The summed E-state index contributed by atoms with van der Waals surface area (Å²) in [6.07, 6.45) is 1.70. The summed E-state index contributed by atoms with van der Waals surface area (Å²) in [6, 6.07) is 18.8. The van der Waals surface area contributed by atoms with Crippen LogP contribution in [0.25, 0.3) is 11.1 Å². The number of benzene rings is 2. The van der Waals surface area contributed by atoms with Gasteiger partial charge >= 0.3 is 0 Å². The lowest BCUT2D eigenvalue weighted by molar-refractivity contribution is 0.101. The van der Waals surface area contributed by atoms with Crippen molar-refractivity contribution in [3.05, 3.63) is 83.0 Å². The second-order valence-corrected chi connectivity index (χ2v) is 5.82. The summed E-state index contributed by atoms with van der Waals surface area (Å²) in [6.45, 7) is 2.00. The minimum atomic E-state index is 0.00342. The molecule has 24 heavy (non-hydrogen) atoms. The van der Waals surface area contributed by atoms with Gasteiger partial charge in [0.2, 0.25) is 5.88 Å². The van der Waals surface area contributed by atoms with E-state index in [-0.39, 0.29) is 5.78 Å². The first kappa shape index (κ1) is 16.2. The van der Waals surface area contributed by atoms with Gasteiger partial charge in [0.15, 0.2) is 5.78 Å². The van der Waals surface area contributed by atoms with Gasteiger partial charge in [-0.2, -0.15) is 0 Å². The van der Waals surface area contributed by atoms with Gasteiger partial charge in [-0.3, -0.25) is 4.79 Å². The minimum Gasteiger partial charge on any atom is -0.473 e. The summed E-state index contributed by atoms with van der Waals surface area (Å²) in [5.74, 6) is 0.546. The second-order valence-electron chi connectivity index (χ2n) is 5.41. The van der Waals surface area contributed by atoms with E-state index < -0.39 is 0 Å². The van der Waals surface area contributed by atoms with Gasteiger partial charge in [0.1, 0.15) is 6.61 Å². The number of pyridine rings is 1. The number of carbonyl (C=O) groups excluding carboxylic acids is 1. The van der Waals surface area contributed by atoms with Gasteiger partial charge in [-0.05, 0) is 36.8 Å². The zero-order chi connectivity index (χ0) is 16.9. The van der Waals surface area contributed by atoms with Crippen molar-refractivity contribution in [1.82, 2.24) is 4.98 Å². The second kappa shape index (κ2) is 7.28. The molecule has 0 aliphatic rings. The molecule has 2 aromatic carbocycles. The maximum atomic E-state index is 11.5. The Balaban J connectivity index is 1.77. The Bertz CT molecular complexity index is 845. The predicted octanol–water partition coefficient (Wildman–Crippen LogP) is 5.18. The number of halogens is 1. The fourth-order valence-corrected chi connectivity index (χ4v) is 2.55. The van der Waals surface area contributed by atoms with Crippen LogP contribution in [0.1, 0.15) is 22.8 Å². The third-order valence-corrected chi connectivity index (χ3v) is 3.98. The molecule has 0 amide bonds. The van der Waals surface area contributed by atoms with E-state index in [0.29, 0.717) is 23.1 Å². The molecule has 0 unspecified atom stereocenters. The van der Waals surface area contributed by atoms with E-state index in [2.05, 4.69) is 4.98 Å². The molecule has 0 aliphatic carbocycles. The van der Waals surface area contributed by atoms with Gasteiger partial charge in [0.25, 0.3) is 0 Å². The quantitative estimate of drug-likeness (QED) is 0.602. The zero-order valence-electron chi connectivity index (χ0n) is 13.2. The van der Waals surface area contributed by atoms with Gasteiger partial charge in [-0.1, -0.05) is 41.9 Å². The maximum absolute atomic E-state index is 11.5. The van der Waals surface area contributed by atoms with Crippen molar-refractivity contribution in [2.75, 3.05) is 0 Å². The summed E-state index contributed by atoms with van der Waals surface area (Å²) in [7, 11) is 0. The van der Waals surface area contributed by atoms with Crippen LogP contribution in [0.4, 0.5) is 0 Å². The van der Waals surface area contributed by atoms with E-state index in [4.69, 9.17) is 16.3 Å². The Kier molecular flexibility index (Phi) is 4.92. The molecule has 0 N–H and O–H groups in total. The highest BCUT2D eigenvalue weighted by molar-refractivity contribution is 6.33. The molecule has 3 rings (SSSR count). The summed E-state index contributed by atoms with van der Waals surface area (Å²) >= 11 is 6.25. The number of Topliss-reactive ketones (excluding diaryl/α,β-unsaturated/α-hetero) is 1. The van der Waals surface area contributed by atoms with E-state index in [0.717, 1.165) is 16.7 Å². The SMILES string of the molecule is CC(=O)c1ccc(Cl)c(-c2ccc(OCc3ccccc3)nc2)c1. The van der Waals surface area contributed by atoms with Crippen molar-refractivity contribution in [3.8, 4) is 17.0 Å². The molecule has 120 valence electrons. The first-order valence-corrected chi connectivity index (χ1v) is 7.95. The average molecular weight is 338 g/mol. The van der Waals surface area contributed by atoms with Gasteiger partial charge in [0.05, 0.1) is 0 Å². The highest BCUT2D eigenvalue weighted by atomic mass is 35.5. The largest absolute Gasteiger partial charge is 0.473 e. The van der Waals surface area contributed by atoms with Crippen LogP contribution in [-0.2, 0) is 6.61 Å². The molecule has 0 aliphatic heterocycles. The smallest absolute Gasteiger partial charge is 0.213 e. The lowest BCUT2D eigenvalue weighted by atomic mass is 10.0. The lowest BCUT2D eigenvalue weighted by Crippen LogP contribution is -1.97. The molecule has 0 atom stereocenters. The highest BCUT2D eigenvalue weighted by Crippen LogP contribution is 2.29. The standard InChI is InChI=1S/C20H16ClNO2/c1-14(23)16-7-9-19(21)18(11-16)17-8-10-20(22-12-17)24-13-15-5-3-2-4-6-15/h2-12H,13H2,1H3. The number of aromatic nitrogens is 1. The number of ketones is 1. The topological polar surface area (TPSA) is 39.2 Å². The lowest BCUT2D eigenvalue weighted by Gasteiger charge is -2.08. The Morgan fingerprint density at radius 1 is 1.08 bits per heavy atom. The summed E-state index contributed by atoms with van der Waals surface area (Å²) in [4.78, 5) is 15.9. The predicted molar refractivity (Wildman–Crippen MR) is 95.5 cm³/mol. The Hall–Kier alpha value is -2.65. The average Bonchev–Trinajstić information content (AvgIpc) is 2.61. The van der Waals surface area contributed by atoms with Crippen molar-refractivity contribution in [3.63, 3.8) is 0 Å². The molecule has 3 aromatic rings. The Morgan fingerprint density at radius 3 is 2.54 bits per heavy atom. The van der Waals surface area contributed by atoms with Gasteiger partial charge < -0.3 is 4.74 Å². The van der Waals surface area contributed by atoms with E-state index in [9.17, 15) is 4.79 Å². The van der Waals surface area contributed by atoms with Crippen molar-refractivity contribution in [1.29, 1.82) is 0 Å². The van der Waals surface area contributed by atoms with Crippen LogP contribution in [-0.4, -0.2) is 10.8 Å². The maximum Gasteiger partial charge on any atom is 0.213 e.